The van der Waals surface area contributed by atoms with Crippen molar-refractivity contribution in [1.82, 2.24) is 4.90 Å². The molecular formula is C19H31NO. The second-order valence-electron chi connectivity index (χ2n) is 6.21. The number of nitrogens with zero attached hydrogens (tertiary/aromatic N) is 1. The summed E-state index contributed by atoms with van der Waals surface area (Å²) >= 11 is 0. The minimum absolute atomic E-state index is 0.855. The fourth-order valence-electron chi connectivity index (χ4n) is 2.98. The standard InChI is InChI=1S/C19H31NO/c1-2-3-4-7-17-21-19-12-10-18(11-13-19)9-8-16-20-14-5-6-15-20/h10-13H,2-9,14-17H2,1H3. The van der Waals surface area contributed by atoms with E-state index < -0.39 is 0 Å². The zero-order chi connectivity index (χ0) is 14.8. The van der Waals surface area contributed by atoms with Crippen molar-refractivity contribution in [2.24, 2.45) is 0 Å². The van der Waals surface area contributed by atoms with Crippen molar-refractivity contribution in [3.63, 3.8) is 0 Å². The lowest BCUT2D eigenvalue weighted by Crippen LogP contribution is -2.20. The third kappa shape index (κ3) is 6.52. The molecule has 2 nitrogen and oxygen atoms in total. The van der Waals surface area contributed by atoms with E-state index >= 15 is 0 Å². The summed E-state index contributed by atoms with van der Waals surface area (Å²) in [5.74, 6) is 1.02. The van der Waals surface area contributed by atoms with Gasteiger partial charge in [0.2, 0.25) is 0 Å². The van der Waals surface area contributed by atoms with Crippen LogP contribution in [0.1, 0.15) is 57.4 Å². The summed E-state index contributed by atoms with van der Waals surface area (Å²) in [7, 11) is 0. The van der Waals surface area contributed by atoms with Crippen molar-refractivity contribution in [1.29, 1.82) is 0 Å². The van der Waals surface area contributed by atoms with E-state index in [-0.39, 0.29) is 0 Å². The molecule has 0 unspecified atom stereocenters. The van der Waals surface area contributed by atoms with E-state index in [2.05, 4.69) is 36.1 Å². The zero-order valence-electron chi connectivity index (χ0n) is 13.7. The van der Waals surface area contributed by atoms with Crippen molar-refractivity contribution < 1.29 is 4.74 Å². The third-order valence-corrected chi connectivity index (χ3v) is 4.33. The molecule has 0 N–H and O–H groups in total. The topological polar surface area (TPSA) is 12.5 Å². The lowest BCUT2D eigenvalue weighted by molar-refractivity contribution is 0.305. The molecule has 118 valence electrons. The molecule has 0 aromatic heterocycles. The average Bonchev–Trinajstić information content (AvgIpc) is 3.02. The number of benzene rings is 1. The normalized spacial score (nSPS) is 15.5. The maximum atomic E-state index is 5.79. The Kier molecular flexibility index (Phi) is 7.66. The predicted molar refractivity (Wildman–Crippen MR) is 90.1 cm³/mol. The molecule has 1 heterocycles. The molecule has 0 spiro atoms. The van der Waals surface area contributed by atoms with Crippen molar-refractivity contribution in [3.8, 4) is 5.75 Å². The number of hydrogen-bond donors (Lipinski definition) is 0. The second-order valence-corrected chi connectivity index (χ2v) is 6.21. The Morgan fingerprint density at radius 2 is 1.71 bits per heavy atom. The highest BCUT2D eigenvalue weighted by Gasteiger charge is 2.10. The molecule has 0 bridgehead atoms. The second kappa shape index (κ2) is 9.83. The van der Waals surface area contributed by atoms with Gasteiger partial charge in [0.15, 0.2) is 0 Å². The van der Waals surface area contributed by atoms with Crippen molar-refractivity contribution >= 4 is 0 Å². The number of hydrogen-bond acceptors (Lipinski definition) is 2. The molecule has 1 aliphatic rings. The molecule has 0 atom stereocenters. The van der Waals surface area contributed by atoms with Gasteiger partial charge < -0.3 is 9.64 Å². The third-order valence-electron chi connectivity index (χ3n) is 4.33. The van der Waals surface area contributed by atoms with Crippen LogP contribution in [-0.4, -0.2) is 31.1 Å². The number of ether oxygens (including phenoxy) is 1. The van der Waals surface area contributed by atoms with Crippen LogP contribution in [-0.2, 0) is 6.42 Å². The number of rotatable bonds is 10. The van der Waals surface area contributed by atoms with Crippen LogP contribution in [0, 0.1) is 0 Å². The molecule has 0 saturated carbocycles. The van der Waals surface area contributed by atoms with Gasteiger partial charge in [-0.15, -0.1) is 0 Å². The fraction of sp³-hybridized carbons (Fsp3) is 0.684. The first-order chi connectivity index (χ1) is 10.4. The van der Waals surface area contributed by atoms with Crippen LogP contribution in [0.4, 0.5) is 0 Å². The lowest BCUT2D eigenvalue weighted by atomic mass is 10.1. The summed E-state index contributed by atoms with van der Waals surface area (Å²) in [6.07, 6.45) is 10.3. The molecule has 21 heavy (non-hydrogen) atoms. The van der Waals surface area contributed by atoms with Gasteiger partial charge in [0, 0.05) is 0 Å². The Labute approximate surface area is 130 Å². The fourth-order valence-corrected chi connectivity index (χ4v) is 2.98. The first-order valence-corrected chi connectivity index (χ1v) is 8.82. The zero-order valence-corrected chi connectivity index (χ0v) is 13.7. The van der Waals surface area contributed by atoms with Crippen LogP contribution in [0.25, 0.3) is 0 Å². The largest absolute Gasteiger partial charge is 0.494 e. The molecule has 0 amide bonds. The summed E-state index contributed by atoms with van der Waals surface area (Å²) in [6, 6.07) is 8.72. The monoisotopic (exact) mass is 289 g/mol. The van der Waals surface area contributed by atoms with Crippen molar-refractivity contribution in [2.75, 3.05) is 26.2 Å². The highest BCUT2D eigenvalue weighted by molar-refractivity contribution is 5.27. The Hall–Kier alpha value is -1.02. The van der Waals surface area contributed by atoms with E-state index in [4.69, 9.17) is 4.74 Å². The smallest absolute Gasteiger partial charge is 0.119 e. The molecule has 1 saturated heterocycles. The van der Waals surface area contributed by atoms with Gasteiger partial charge in [-0.1, -0.05) is 38.3 Å². The summed E-state index contributed by atoms with van der Waals surface area (Å²) in [4.78, 5) is 2.59. The van der Waals surface area contributed by atoms with Gasteiger partial charge in [-0.25, -0.2) is 0 Å². The lowest BCUT2D eigenvalue weighted by Gasteiger charge is -2.14. The Morgan fingerprint density at radius 3 is 2.43 bits per heavy atom. The SMILES string of the molecule is CCCCCCOc1ccc(CCCN2CCCC2)cc1. The molecule has 0 radical (unpaired) electrons. The minimum Gasteiger partial charge on any atom is -0.494 e. The minimum atomic E-state index is 0.855. The van der Waals surface area contributed by atoms with Gasteiger partial charge in [0.05, 0.1) is 6.61 Å². The Morgan fingerprint density at radius 1 is 0.952 bits per heavy atom. The molecule has 1 aromatic carbocycles. The summed E-state index contributed by atoms with van der Waals surface area (Å²) < 4.78 is 5.79. The highest BCUT2D eigenvalue weighted by atomic mass is 16.5. The van der Waals surface area contributed by atoms with Gasteiger partial charge in [-0.3, -0.25) is 0 Å². The van der Waals surface area contributed by atoms with Gasteiger partial charge in [-0.05, 0) is 69.4 Å². The van der Waals surface area contributed by atoms with E-state index in [9.17, 15) is 0 Å². The summed E-state index contributed by atoms with van der Waals surface area (Å²) in [5.41, 5.74) is 1.44. The van der Waals surface area contributed by atoms with Crippen molar-refractivity contribution in [2.45, 2.75) is 58.3 Å². The van der Waals surface area contributed by atoms with Gasteiger partial charge in [0.25, 0.3) is 0 Å². The summed E-state index contributed by atoms with van der Waals surface area (Å²) in [5, 5.41) is 0. The molecule has 0 aliphatic carbocycles. The van der Waals surface area contributed by atoms with E-state index in [0.29, 0.717) is 0 Å². The number of likely N-dealkylation sites (tertiary alicyclic amines) is 1. The van der Waals surface area contributed by atoms with Crippen LogP contribution in [0.5, 0.6) is 5.75 Å². The van der Waals surface area contributed by atoms with E-state index in [1.165, 1.54) is 76.6 Å². The van der Waals surface area contributed by atoms with Gasteiger partial charge in [0.1, 0.15) is 5.75 Å². The van der Waals surface area contributed by atoms with E-state index in [1.807, 2.05) is 0 Å². The quantitative estimate of drug-likeness (QED) is 0.580. The first-order valence-electron chi connectivity index (χ1n) is 8.82. The maximum Gasteiger partial charge on any atom is 0.119 e. The Balaban J connectivity index is 1.59. The molecular weight excluding hydrogens is 258 g/mol. The first kappa shape index (κ1) is 16.4. The van der Waals surface area contributed by atoms with Crippen LogP contribution in [0.15, 0.2) is 24.3 Å². The van der Waals surface area contributed by atoms with Gasteiger partial charge >= 0.3 is 0 Å². The Bertz CT molecular complexity index is 368. The molecule has 1 aromatic rings. The maximum absolute atomic E-state index is 5.79. The average molecular weight is 289 g/mol. The molecule has 2 rings (SSSR count). The summed E-state index contributed by atoms with van der Waals surface area (Å²) in [6.45, 7) is 6.98. The van der Waals surface area contributed by atoms with Crippen LogP contribution in [0.3, 0.4) is 0 Å². The highest BCUT2D eigenvalue weighted by Crippen LogP contribution is 2.15. The van der Waals surface area contributed by atoms with Crippen LogP contribution in [0.2, 0.25) is 0 Å². The van der Waals surface area contributed by atoms with E-state index in [1.54, 1.807) is 0 Å². The molecule has 1 fully saturated rings. The number of aryl methyl sites for hydroxylation is 1. The van der Waals surface area contributed by atoms with Crippen LogP contribution >= 0.6 is 0 Å². The van der Waals surface area contributed by atoms with Crippen LogP contribution < -0.4 is 4.74 Å². The molecule has 1 aliphatic heterocycles. The van der Waals surface area contributed by atoms with Gasteiger partial charge in [-0.2, -0.15) is 0 Å². The predicted octanol–water partition coefficient (Wildman–Crippen LogP) is 4.67. The molecule has 2 heteroatoms. The van der Waals surface area contributed by atoms with E-state index in [0.717, 1.165) is 12.4 Å². The number of unbranched alkanes of at least 4 members (excludes halogenated alkanes) is 3. The van der Waals surface area contributed by atoms with Crippen molar-refractivity contribution in [3.05, 3.63) is 29.8 Å².